The Bertz CT molecular complexity index is 537. The molecule has 1 aliphatic rings. The van der Waals surface area contributed by atoms with Crippen LogP contribution in [0.4, 0.5) is 0 Å². The number of benzene rings is 1. The molecule has 4 nitrogen and oxygen atoms in total. The predicted octanol–water partition coefficient (Wildman–Crippen LogP) is 2.29. The van der Waals surface area contributed by atoms with Gasteiger partial charge in [-0.2, -0.15) is 0 Å². The molecule has 0 radical (unpaired) electrons. The summed E-state index contributed by atoms with van der Waals surface area (Å²) in [6.07, 6.45) is 3.68. The number of rotatable bonds is 6. The van der Waals surface area contributed by atoms with Crippen molar-refractivity contribution in [3.8, 4) is 0 Å². The Morgan fingerprint density at radius 2 is 1.95 bits per heavy atom. The fourth-order valence-corrected chi connectivity index (χ4v) is 2.88. The highest BCUT2D eigenvalue weighted by atomic mass is 16.4. The maximum Gasteiger partial charge on any atom is 0.323 e. The van der Waals surface area contributed by atoms with Gasteiger partial charge in [-0.3, -0.25) is 9.59 Å². The second-order valence-corrected chi connectivity index (χ2v) is 6.20. The van der Waals surface area contributed by atoms with E-state index in [0.717, 1.165) is 18.4 Å². The van der Waals surface area contributed by atoms with Gasteiger partial charge in [0, 0.05) is 6.54 Å². The van der Waals surface area contributed by atoms with Gasteiger partial charge in [0.1, 0.15) is 6.54 Å². The number of aliphatic carboxylic acids is 1. The number of carbonyl (C=O) groups excluding carboxylic acids is 1. The van der Waals surface area contributed by atoms with Crippen LogP contribution in [0, 0.1) is 5.92 Å². The third kappa shape index (κ3) is 4.31. The number of carboxylic acid groups (broad SMARTS) is 1. The average molecular weight is 289 g/mol. The largest absolute Gasteiger partial charge is 0.480 e. The molecule has 1 N–H and O–H groups in total. The first-order chi connectivity index (χ1) is 9.95. The first-order valence-electron chi connectivity index (χ1n) is 7.56. The Labute approximate surface area is 125 Å². The van der Waals surface area contributed by atoms with E-state index >= 15 is 0 Å². The topological polar surface area (TPSA) is 57.6 Å². The lowest BCUT2D eigenvalue weighted by molar-refractivity contribution is -0.144. The van der Waals surface area contributed by atoms with Crippen LogP contribution in [-0.4, -0.2) is 35.0 Å². The van der Waals surface area contributed by atoms with E-state index in [9.17, 15) is 9.59 Å². The number of amides is 1. The summed E-state index contributed by atoms with van der Waals surface area (Å²) in [5, 5.41) is 8.94. The van der Waals surface area contributed by atoms with Crippen molar-refractivity contribution in [2.24, 2.45) is 5.92 Å². The first kappa shape index (κ1) is 15.5. The standard InChI is InChI=1S/C17H23NO3/c1-12(2)10-18(11-17(20)21)16(19)9-13-6-7-14-4-3-5-15(14)8-13/h6-8,12H,3-5,9-11H2,1-2H3,(H,20,21). The zero-order valence-electron chi connectivity index (χ0n) is 12.8. The number of fused-ring (bicyclic) bond motifs is 1. The van der Waals surface area contributed by atoms with E-state index in [2.05, 4.69) is 12.1 Å². The number of nitrogens with zero attached hydrogens (tertiary/aromatic N) is 1. The van der Waals surface area contributed by atoms with Crippen molar-refractivity contribution in [3.05, 3.63) is 34.9 Å². The molecule has 114 valence electrons. The second-order valence-electron chi connectivity index (χ2n) is 6.20. The molecule has 0 aromatic heterocycles. The van der Waals surface area contributed by atoms with Crippen molar-refractivity contribution >= 4 is 11.9 Å². The molecule has 0 saturated carbocycles. The van der Waals surface area contributed by atoms with E-state index in [4.69, 9.17) is 5.11 Å². The van der Waals surface area contributed by atoms with Gasteiger partial charge in [-0.05, 0) is 41.9 Å². The Kier molecular flexibility index (Phi) is 4.99. The van der Waals surface area contributed by atoms with Crippen LogP contribution in [0.15, 0.2) is 18.2 Å². The summed E-state index contributed by atoms with van der Waals surface area (Å²) in [6, 6.07) is 6.21. The minimum absolute atomic E-state index is 0.107. The van der Waals surface area contributed by atoms with Crippen LogP contribution in [0.1, 0.15) is 37.0 Å². The fraction of sp³-hybridized carbons (Fsp3) is 0.529. The van der Waals surface area contributed by atoms with Crippen LogP contribution in [0.2, 0.25) is 0 Å². The van der Waals surface area contributed by atoms with E-state index in [1.54, 1.807) is 0 Å². The second kappa shape index (κ2) is 6.74. The van der Waals surface area contributed by atoms with Gasteiger partial charge in [0.05, 0.1) is 6.42 Å². The lowest BCUT2D eigenvalue weighted by Crippen LogP contribution is -2.39. The molecule has 0 bridgehead atoms. The van der Waals surface area contributed by atoms with Gasteiger partial charge in [0.2, 0.25) is 5.91 Å². The summed E-state index contributed by atoms with van der Waals surface area (Å²) >= 11 is 0. The summed E-state index contributed by atoms with van der Waals surface area (Å²) in [5.41, 5.74) is 3.71. The third-order valence-electron chi connectivity index (χ3n) is 3.78. The Morgan fingerprint density at radius 1 is 1.24 bits per heavy atom. The first-order valence-corrected chi connectivity index (χ1v) is 7.56. The van der Waals surface area contributed by atoms with E-state index < -0.39 is 5.97 Å². The number of hydrogen-bond acceptors (Lipinski definition) is 2. The number of carboxylic acids is 1. The quantitative estimate of drug-likeness (QED) is 0.874. The van der Waals surface area contributed by atoms with Gasteiger partial charge in [-0.15, -0.1) is 0 Å². The summed E-state index contributed by atoms with van der Waals surface area (Å²) in [7, 11) is 0. The lowest BCUT2D eigenvalue weighted by Gasteiger charge is -2.23. The molecule has 1 amide bonds. The fourth-order valence-electron chi connectivity index (χ4n) is 2.88. The van der Waals surface area contributed by atoms with E-state index in [1.807, 2.05) is 19.9 Å². The molecule has 0 spiro atoms. The van der Waals surface area contributed by atoms with E-state index in [0.29, 0.717) is 6.54 Å². The van der Waals surface area contributed by atoms with Crippen molar-refractivity contribution in [2.75, 3.05) is 13.1 Å². The van der Waals surface area contributed by atoms with Gasteiger partial charge in [-0.25, -0.2) is 0 Å². The van der Waals surface area contributed by atoms with Crippen LogP contribution < -0.4 is 0 Å². The highest BCUT2D eigenvalue weighted by molar-refractivity contribution is 5.83. The lowest BCUT2D eigenvalue weighted by atomic mass is 10.0. The van der Waals surface area contributed by atoms with Gasteiger partial charge >= 0.3 is 5.97 Å². The molecule has 2 rings (SSSR count). The third-order valence-corrected chi connectivity index (χ3v) is 3.78. The summed E-state index contributed by atoms with van der Waals surface area (Å²) in [5.74, 6) is -0.810. The van der Waals surface area contributed by atoms with Crippen molar-refractivity contribution in [2.45, 2.75) is 39.5 Å². The smallest absolute Gasteiger partial charge is 0.323 e. The number of hydrogen-bond donors (Lipinski definition) is 1. The predicted molar refractivity (Wildman–Crippen MR) is 81.2 cm³/mol. The molecular weight excluding hydrogens is 266 g/mol. The van der Waals surface area contributed by atoms with Crippen LogP contribution >= 0.6 is 0 Å². The minimum atomic E-state index is -0.960. The maximum absolute atomic E-state index is 12.3. The molecular formula is C17H23NO3. The molecule has 21 heavy (non-hydrogen) atoms. The summed E-state index contributed by atoms with van der Waals surface area (Å²) in [4.78, 5) is 24.7. The molecule has 0 atom stereocenters. The Balaban J connectivity index is 2.05. The van der Waals surface area contributed by atoms with Crippen molar-refractivity contribution in [1.82, 2.24) is 4.90 Å². The van der Waals surface area contributed by atoms with Crippen molar-refractivity contribution in [1.29, 1.82) is 0 Å². The Morgan fingerprint density at radius 3 is 2.62 bits per heavy atom. The zero-order valence-corrected chi connectivity index (χ0v) is 12.8. The minimum Gasteiger partial charge on any atom is -0.480 e. The average Bonchev–Trinajstić information content (AvgIpc) is 2.84. The molecule has 0 unspecified atom stereocenters. The molecule has 0 aliphatic heterocycles. The normalized spacial score (nSPS) is 13.3. The molecule has 4 heteroatoms. The maximum atomic E-state index is 12.3. The molecule has 1 aromatic rings. The van der Waals surface area contributed by atoms with Gasteiger partial charge in [0.25, 0.3) is 0 Å². The van der Waals surface area contributed by atoms with Gasteiger partial charge in [0.15, 0.2) is 0 Å². The number of aryl methyl sites for hydroxylation is 2. The zero-order chi connectivity index (χ0) is 15.4. The van der Waals surface area contributed by atoms with Crippen LogP contribution in [-0.2, 0) is 28.9 Å². The van der Waals surface area contributed by atoms with Crippen LogP contribution in [0.5, 0.6) is 0 Å². The monoisotopic (exact) mass is 289 g/mol. The van der Waals surface area contributed by atoms with Gasteiger partial charge < -0.3 is 10.0 Å². The highest BCUT2D eigenvalue weighted by Gasteiger charge is 2.19. The van der Waals surface area contributed by atoms with E-state index in [1.165, 1.54) is 22.4 Å². The van der Waals surface area contributed by atoms with Crippen LogP contribution in [0.3, 0.4) is 0 Å². The van der Waals surface area contributed by atoms with Crippen molar-refractivity contribution in [3.63, 3.8) is 0 Å². The highest BCUT2D eigenvalue weighted by Crippen LogP contribution is 2.23. The number of carbonyl (C=O) groups is 2. The van der Waals surface area contributed by atoms with Crippen LogP contribution in [0.25, 0.3) is 0 Å². The Hall–Kier alpha value is -1.84. The van der Waals surface area contributed by atoms with Crippen molar-refractivity contribution < 1.29 is 14.7 Å². The molecule has 1 aliphatic carbocycles. The SMILES string of the molecule is CC(C)CN(CC(=O)O)C(=O)Cc1ccc2c(c1)CCC2. The molecule has 0 fully saturated rings. The molecule has 0 saturated heterocycles. The molecule has 1 aromatic carbocycles. The summed E-state index contributed by atoms with van der Waals surface area (Å²) < 4.78 is 0. The molecule has 0 heterocycles. The van der Waals surface area contributed by atoms with E-state index in [-0.39, 0.29) is 24.8 Å². The van der Waals surface area contributed by atoms with Gasteiger partial charge in [-0.1, -0.05) is 32.0 Å². The summed E-state index contributed by atoms with van der Waals surface area (Å²) in [6.45, 7) is 4.23.